The highest BCUT2D eigenvalue weighted by atomic mass is 32.2. The van der Waals surface area contributed by atoms with Crippen LogP contribution in [0.3, 0.4) is 0 Å². The molecule has 22 heavy (non-hydrogen) atoms. The van der Waals surface area contributed by atoms with Crippen molar-refractivity contribution in [1.82, 2.24) is 4.31 Å². The van der Waals surface area contributed by atoms with Crippen LogP contribution < -0.4 is 5.32 Å². The van der Waals surface area contributed by atoms with Gasteiger partial charge in [0.25, 0.3) is 0 Å². The Hall–Kier alpha value is -1.93. The van der Waals surface area contributed by atoms with Gasteiger partial charge in [-0.05, 0) is 30.5 Å². The van der Waals surface area contributed by atoms with Crippen LogP contribution in [0.15, 0.2) is 24.3 Å². The first-order chi connectivity index (χ1) is 10.4. The summed E-state index contributed by atoms with van der Waals surface area (Å²) in [5.74, 6) is -1.15. The number of carbonyl (C=O) groups is 2. The smallest absolute Gasteiger partial charge is 0.303 e. The molecule has 2 rings (SSSR count). The molecule has 0 aliphatic carbocycles. The highest BCUT2D eigenvalue weighted by Gasteiger charge is 2.29. The number of amides is 1. The van der Waals surface area contributed by atoms with Gasteiger partial charge < -0.3 is 10.4 Å². The minimum absolute atomic E-state index is 0.0541. The van der Waals surface area contributed by atoms with E-state index in [1.807, 2.05) is 0 Å². The summed E-state index contributed by atoms with van der Waals surface area (Å²) >= 11 is 0. The van der Waals surface area contributed by atoms with E-state index in [0.717, 1.165) is 5.56 Å². The number of rotatable bonds is 6. The van der Waals surface area contributed by atoms with Crippen LogP contribution in [0.25, 0.3) is 0 Å². The number of nitrogens with zero attached hydrogens (tertiary/aromatic N) is 1. The molecule has 1 saturated heterocycles. The van der Waals surface area contributed by atoms with Crippen LogP contribution in [0, 0.1) is 0 Å². The highest BCUT2D eigenvalue weighted by Crippen LogP contribution is 2.14. The van der Waals surface area contributed by atoms with E-state index in [1.54, 1.807) is 24.3 Å². The van der Waals surface area contributed by atoms with Crippen LogP contribution in [0.5, 0.6) is 0 Å². The zero-order chi connectivity index (χ0) is 16.2. The molecule has 0 radical (unpaired) electrons. The predicted octanol–water partition coefficient (Wildman–Crippen LogP) is 0.678. The van der Waals surface area contributed by atoms with E-state index in [9.17, 15) is 18.0 Å². The van der Waals surface area contributed by atoms with Gasteiger partial charge in [-0.3, -0.25) is 9.59 Å². The number of carboxylic acid groups (broad SMARTS) is 1. The summed E-state index contributed by atoms with van der Waals surface area (Å²) in [6, 6.07) is 6.83. The Balaban J connectivity index is 1.88. The molecule has 1 aliphatic rings. The topological polar surface area (TPSA) is 104 Å². The van der Waals surface area contributed by atoms with Gasteiger partial charge in [-0.1, -0.05) is 12.1 Å². The SMILES string of the molecule is O=C(O)CCc1ccc(NC(=O)CN2CCCS2(=O)=O)cc1. The van der Waals surface area contributed by atoms with Gasteiger partial charge in [-0.2, -0.15) is 4.31 Å². The summed E-state index contributed by atoms with van der Waals surface area (Å²) in [5.41, 5.74) is 1.42. The van der Waals surface area contributed by atoms with Crippen LogP contribution in [0.1, 0.15) is 18.4 Å². The first-order valence-electron chi connectivity index (χ1n) is 6.95. The van der Waals surface area contributed by atoms with E-state index >= 15 is 0 Å². The highest BCUT2D eigenvalue weighted by molar-refractivity contribution is 7.89. The lowest BCUT2D eigenvalue weighted by atomic mass is 10.1. The van der Waals surface area contributed by atoms with Gasteiger partial charge in [0.1, 0.15) is 0 Å². The van der Waals surface area contributed by atoms with Gasteiger partial charge in [0.2, 0.25) is 15.9 Å². The molecule has 1 aromatic rings. The van der Waals surface area contributed by atoms with Crippen molar-refractivity contribution in [1.29, 1.82) is 0 Å². The van der Waals surface area contributed by atoms with Crippen LogP contribution in [-0.4, -0.2) is 48.5 Å². The van der Waals surface area contributed by atoms with Gasteiger partial charge in [0.05, 0.1) is 12.3 Å². The lowest BCUT2D eigenvalue weighted by Crippen LogP contribution is -2.34. The summed E-state index contributed by atoms with van der Waals surface area (Å²) in [5, 5.41) is 11.3. The molecule has 1 aromatic carbocycles. The lowest BCUT2D eigenvalue weighted by Gasteiger charge is -2.14. The molecular formula is C14H18N2O5S. The number of nitrogens with one attached hydrogen (secondary N) is 1. The van der Waals surface area contributed by atoms with Crippen molar-refractivity contribution in [2.24, 2.45) is 0 Å². The summed E-state index contributed by atoms with van der Waals surface area (Å²) < 4.78 is 24.4. The molecule has 0 saturated carbocycles. The Morgan fingerprint density at radius 3 is 2.45 bits per heavy atom. The molecule has 0 bridgehead atoms. The minimum atomic E-state index is -3.28. The zero-order valence-corrected chi connectivity index (χ0v) is 12.8. The Labute approximate surface area is 129 Å². The molecule has 0 atom stereocenters. The first kappa shape index (κ1) is 16.4. The molecule has 0 unspecified atom stereocenters. The second-order valence-corrected chi connectivity index (χ2v) is 7.23. The van der Waals surface area contributed by atoms with Gasteiger partial charge in [-0.25, -0.2) is 8.42 Å². The maximum absolute atomic E-state index is 11.9. The summed E-state index contributed by atoms with van der Waals surface area (Å²) in [6.45, 7) is 0.201. The third kappa shape index (κ3) is 4.54. The van der Waals surface area contributed by atoms with Gasteiger partial charge in [0, 0.05) is 18.7 Å². The molecule has 7 nitrogen and oxygen atoms in total. The molecule has 1 aliphatic heterocycles. The van der Waals surface area contributed by atoms with Crippen molar-refractivity contribution in [2.75, 3.05) is 24.2 Å². The summed E-state index contributed by atoms with van der Waals surface area (Å²) in [6.07, 6.45) is 1.03. The molecule has 1 amide bonds. The first-order valence-corrected chi connectivity index (χ1v) is 8.56. The van der Waals surface area contributed by atoms with E-state index < -0.39 is 16.0 Å². The van der Waals surface area contributed by atoms with Crippen molar-refractivity contribution in [3.63, 3.8) is 0 Å². The molecule has 1 fully saturated rings. The maximum atomic E-state index is 11.9. The average Bonchev–Trinajstić information content (AvgIpc) is 2.77. The average molecular weight is 326 g/mol. The Morgan fingerprint density at radius 1 is 1.23 bits per heavy atom. The van der Waals surface area contributed by atoms with E-state index in [1.165, 1.54) is 4.31 Å². The second kappa shape index (κ2) is 6.89. The monoisotopic (exact) mass is 326 g/mol. The molecule has 120 valence electrons. The number of hydrogen-bond donors (Lipinski definition) is 2. The largest absolute Gasteiger partial charge is 0.481 e. The number of hydrogen-bond acceptors (Lipinski definition) is 4. The number of aliphatic carboxylic acids is 1. The third-order valence-corrected chi connectivity index (χ3v) is 5.29. The Kier molecular flexibility index (Phi) is 5.15. The Morgan fingerprint density at radius 2 is 1.91 bits per heavy atom. The van der Waals surface area contributed by atoms with E-state index in [2.05, 4.69) is 5.32 Å². The fourth-order valence-corrected chi connectivity index (χ4v) is 3.71. The summed E-state index contributed by atoms with van der Waals surface area (Å²) in [4.78, 5) is 22.4. The number of carbonyl (C=O) groups excluding carboxylic acids is 1. The quantitative estimate of drug-likeness (QED) is 0.800. The van der Waals surface area contributed by atoms with E-state index in [4.69, 9.17) is 5.11 Å². The van der Waals surface area contributed by atoms with Crippen LogP contribution in [0.2, 0.25) is 0 Å². The van der Waals surface area contributed by atoms with Crippen LogP contribution >= 0.6 is 0 Å². The van der Waals surface area contributed by atoms with Crippen molar-refractivity contribution in [3.05, 3.63) is 29.8 Å². The number of anilines is 1. The fourth-order valence-electron chi connectivity index (χ4n) is 2.24. The standard InChI is InChI=1S/C14H18N2O5S/c17-13(10-16-8-1-9-22(16,20)21)15-12-5-2-11(3-6-12)4-7-14(18)19/h2-3,5-6H,1,4,7-10H2,(H,15,17)(H,18,19). The zero-order valence-electron chi connectivity index (χ0n) is 12.0. The number of sulfonamides is 1. The van der Waals surface area contributed by atoms with Crippen molar-refractivity contribution in [2.45, 2.75) is 19.3 Å². The second-order valence-electron chi connectivity index (χ2n) is 5.14. The number of aryl methyl sites for hydroxylation is 1. The molecular weight excluding hydrogens is 308 g/mol. The molecule has 8 heteroatoms. The third-order valence-electron chi connectivity index (χ3n) is 3.39. The number of carboxylic acids is 1. The minimum Gasteiger partial charge on any atom is -0.481 e. The van der Waals surface area contributed by atoms with Crippen molar-refractivity contribution in [3.8, 4) is 0 Å². The van der Waals surface area contributed by atoms with Crippen LogP contribution in [-0.2, 0) is 26.0 Å². The molecule has 0 spiro atoms. The Bertz CT molecular complexity index is 654. The van der Waals surface area contributed by atoms with Crippen molar-refractivity contribution >= 4 is 27.6 Å². The van der Waals surface area contributed by atoms with Gasteiger partial charge in [-0.15, -0.1) is 0 Å². The predicted molar refractivity (Wildman–Crippen MR) is 81.0 cm³/mol. The number of benzene rings is 1. The maximum Gasteiger partial charge on any atom is 0.303 e. The fraction of sp³-hybridized carbons (Fsp3) is 0.429. The molecule has 2 N–H and O–H groups in total. The van der Waals surface area contributed by atoms with Crippen LogP contribution in [0.4, 0.5) is 5.69 Å². The molecule has 0 aromatic heterocycles. The van der Waals surface area contributed by atoms with Gasteiger partial charge >= 0.3 is 5.97 Å². The lowest BCUT2D eigenvalue weighted by molar-refractivity contribution is -0.137. The normalized spacial score (nSPS) is 17.3. The molecule has 1 heterocycles. The van der Waals surface area contributed by atoms with Gasteiger partial charge in [0.15, 0.2) is 0 Å². The van der Waals surface area contributed by atoms with E-state index in [0.29, 0.717) is 25.1 Å². The summed E-state index contributed by atoms with van der Waals surface area (Å²) in [7, 11) is -3.28. The van der Waals surface area contributed by atoms with E-state index in [-0.39, 0.29) is 24.6 Å². The van der Waals surface area contributed by atoms with Crippen molar-refractivity contribution < 1.29 is 23.1 Å².